The first kappa shape index (κ1) is 6.66. The first-order valence-electron chi connectivity index (χ1n) is 4.52. The molecule has 0 aromatic heterocycles. The average Bonchev–Trinajstić information content (AvgIpc) is 2.48. The summed E-state index contributed by atoms with van der Waals surface area (Å²) in [6, 6.07) is 0. The highest BCUT2D eigenvalue weighted by atomic mass is 16.3. The van der Waals surface area contributed by atoms with Crippen molar-refractivity contribution in [2.45, 2.75) is 51.0 Å². The Morgan fingerprint density at radius 2 is 1.60 bits per heavy atom. The smallest absolute Gasteiger partial charge is 0.0596 e. The van der Waals surface area contributed by atoms with Crippen LogP contribution >= 0.6 is 0 Å². The fourth-order valence-electron chi connectivity index (χ4n) is 2.78. The first-order valence-corrected chi connectivity index (χ1v) is 4.52. The van der Waals surface area contributed by atoms with Crippen LogP contribution in [0.1, 0.15) is 44.9 Å². The second-order valence-electron chi connectivity index (χ2n) is 3.98. The van der Waals surface area contributed by atoms with Crippen LogP contribution in [0.4, 0.5) is 0 Å². The van der Waals surface area contributed by atoms with Crippen LogP contribution in [0.15, 0.2) is 0 Å². The van der Waals surface area contributed by atoms with E-state index in [1.165, 1.54) is 38.5 Å². The summed E-state index contributed by atoms with van der Waals surface area (Å²) in [6.45, 7) is 0. The molecule has 0 saturated heterocycles. The predicted molar refractivity (Wildman–Crippen MR) is 40.8 cm³/mol. The van der Waals surface area contributed by atoms with Crippen molar-refractivity contribution < 1.29 is 5.11 Å². The maximum Gasteiger partial charge on any atom is 0.0596 e. The van der Waals surface area contributed by atoms with E-state index < -0.39 is 0 Å². The van der Waals surface area contributed by atoms with Crippen molar-refractivity contribution >= 4 is 0 Å². The van der Waals surface area contributed by atoms with E-state index in [4.69, 9.17) is 0 Å². The molecule has 2 aliphatic carbocycles. The number of hydrogen-bond acceptors (Lipinski definition) is 1. The molecule has 0 radical (unpaired) electrons. The lowest BCUT2D eigenvalue weighted by atomic mass is 9.83. The molecule has 1 N–H and O–H groups in total. The van der Waals surface area contributed by atoms with E-state index in [-0.39, 0.29) is 6.10 Å². The average molecular weight is 140 g/mol. The highest BCUT2D eigenvalue weighted by molar-refractivity contribution is 4.94. The third-order valence-corrected chi connectivity index (χ3v) is 3.46. The van der Waals surface area contributed by atoms with Gasteiger partial charge in [-0.15, -0.1) is 0 Å². The van der Waals surface area contributed by atoms with Crippen LogP contribution in [-0.2, 0) is 0 Å². The summed E-state index contributed by atoms with van der Waals surface area (Å²) in [5.41, 5.74) is 0.403. The molecule has 10 heavy (non-hydrogen) atoms. The molecule has 1 unspecified atom stereocenters. The molecule has 1 heteroatoms. The normalized spacial score (nSPS) is 37.5. The van der Waals surface area contributed by atoms with Gasteiger partial charge in [0.15, 0.2) is 0 Å². The Kier molecular flexibility index (Phi) is 1.48. The second kappa shape index (κ2) is 2.23. The second-order valence-corrected chi connectivity index (χ2v) is 3.98. The molecule has 58 valence electrons. The summed E-state index contributed by atoms with van der Waals surface area (Å²) < 4.78 is 0. The van der Waals surface area contributed by atoms with E-state index in [9.17, 15) is 5.11 Å². The summed E-state index contributed by atoms with van der Waals surface area (Å²) in [7, 11) is 0. The lowest BCUT2D eigenvalue weighted by Crippen LogP contribution is -2.25. The van der Waals surface area contributed by atoms with E-state index in [0.29, 0.717) is 5.41 Å². The van der Waals surface area contributed by atoms with E-state index in [2.05, 4.69) is 0 Å². The molecule has 0 aromatic carbocycles. The largest absolute Gasteiger partial charge is 0.393 e. The van der Waals surface area contributed by atoms with Crippen LogP contribution in [0, 0.1) is 5.41 Å². The van der Waals surface area contributed by atoms with Gasteiger partial charge < -0.3 is 5.11 Å². The van der Waals surface area contributed by atoms with Crippen LogP contribution in [0.3, 0.4) is 0 Å². The van der Waals surface area contributed by atoms with E-state index >= 15 is 0 Å². The fraction of sp³-hybridized carbons (Fsp3) is 1.00. The van der Waals surface area contributed by atoms with Crippen molar-refractivity contribution in [3.63, 3.8) is 0 Å². The Bertz CT molecular complexity index is 119. The van der Waals surface area contributed by atoms with Crippen LogP contribution in [0.2, 0.25) is 0 Å². The van der Waals surface area contributed by atoms with Gasteiger partial charge in [0, 0.05) is 0 Å². The van der Waals surface area contributed by atoms with Gasteiger partial charge in [-0.25, -0.2) is 0 Å². The molecule has 0 aliphatic heterocycles. The molecule has 0 amide bonds. The Morgan fingerprint density at radius 1 is 1.00 bits per heavy atom. The molecule has 2 aliphatic rings. The Labute approximate surface area is 62.4 Å². The van der Waals surface area contributed by atoms with Crippen LogP contribution < -0.4 is 0 Å². The van der Waals surface area contributed by atoms with E-state index in [0.717, 1.165) is 6.42 Å². The van der Waals surface area contributed by atoms with Gasteiger partial charge in [0.1, 0.15) is 0 Å². The summed E-state index contributed by atoms with van der Waals surface area (Å²) in [6.07, 6.45) is 9.00. The molecule has 1 spiro atoms. The molecule has 0 bridgehead atoms. The van der Waals surface area contributed by atoms with Crippen LogP contribution in [0.25, 0.3) is 0 Å². The highest BCUT2D eigenvalue weighted by Gasteiger charge is 2.43. The van der Waals surface area contributed by atoms with Crippen molar-refractivity contribution in [2.75, 3.05) is 0 Å². The number of aliphatic hydroxyl groups excluding tert-OH is 1. The number of hydrogen-bond donors (Lipinski definition) is 1. The van der Waals surface area contributed by atoms with Crippen molar-refractivity contribution in [2.24, 2.45) is 5.41 Å². The topological polar surface area (TPSA) is 20.2 Å². The van der Waals surface area contributed by atoms with E-state index in [1.54, 1.807) is 0 Å². The Morgan fingerprint density at radius 3 is 2.10 bits per heavy atom. The first-order chi connectivity index (χ1) is 4.83. The summed E-state index contributed by atoms with van der Waals surface area (Å²) >= 11 is 0. The molecule has 2 fully saturated rings. The minimum absolute atomic E-state index is 0.0509. The minimum atomic E-state index is 0.0509. The van der Waals surface area contributed by atoms with E-state index in [1.807, 2.05) is 0 Å². The zero-order chi connectivity index (χ0) is 7.03. The third-order valence-electron chi connectivity index (χ3n) is 3.46. The Balaban J connectivity index is 2.11. The maximum absolute atomic E-state index is 9.68. The van der Waals surface area contributed by atoms with Gasteiger partial charge in [-0.2, -0.15) is 0 Å². The monoisotopic (exact) mass is 140 g/mol. The molecule has 2 saturated carbocycles. The van der Waals surface area contributed by atoms with Gasteiger partial charge in [0.25, 0.3) is 0 Å². The van der Waals surface area contributed by atoms with Crippen molar-refractivity contribution in [3.05, 3.63) is 0 Å². The molecule has 0 aromatic rings. The molecular weight excluding hydrogens is 124 g/mol. The number of rotatable bonds is 0. The SMILES string of the molecule is OC1CCCC12CCCC2. The summed E-state index contributed by atoms with van der Waals surface area (Å²) in [5, 5.41) is 9.68. The van der Waals surface area contributed by atoms with Crippen molar-refractivity contribution in [1.82, 2.24) is 0 Å². The molecule has 1 nitrogen and oxygen atoms in total. The molecule has 1 atom stereocenters. The third kappa shape index (κ3) is 0.800. The van der Waals surface area contributed by atoms with Crippen LogP contribution in [0.5, 0.6) is 0 Å². The van der Waals surface area contributed by atoms with Gasteiger partial charge >= 0.3 is 0 Å². The molecule has 0 heterocycles. The predicted octanol–water partition coefficient (Wildman–Crippen LogP) is 2.09. The highest BCUT2D eigenvalue weighted by Crippen LogP contribution is 2.50. The number of aliphatic hydroxyl groups is 1. The lowest BCUT2D eigenvalue weighted by Gasteiger charge is -2.26. The van der Waals surface area contributed by atoms with Gasteiger partial charge in [-0.05, 0) is 31.1 Å². The Hall–Kier alpha value is -0.0400. The fourth-order valence-corrected chi connectivity index (χ4v) is 2.78. The van der Waals surface area contributed by atoms with Crippen molar-refractivity contribution in [3.8, 4) is 0 Å². The zero-order valence-corrected chi connectivity index (χ0v) is 6.47. The lowest BCUT2D eigenvalue weighted by molar-refractivity contribution is 0.0577. The van der Waals surface area contributed by atoms with Crippen LogP contribution in [-0.4, -0.2) is 11.2 Å². The van der Waals surface area contributed by atoms with Gasteiger partial charge in [0.05, 0.1) is 6.10 Å². The minimum Gasteiger partial charge on any atom is -0.393 e. The molecule has 2 rings (SSSR count). The van der Waals surface area contributed by atoms with Gasteiger partial charge in [-0.1, -0.05) is 19.3 Å². The summed E-state index contributed by atoms with van der Waals surface area (Å²) in [5.74, 6) is 0. The van der Waals surface area contributed by atoms with Crippen molar-refractivity contribution in [1.29, 1.82) is 0 Å². The standard InChI is InChI=1S/C9H16O/c10-8-4-3-7-9(8)5-1-2-6-9/h8,10H,1-7H2. The molecular formula is C9H16O. The summed E-state index contributed by atoms with van der Waals surface area (Å²) in [4.78, 5) is 0. The van der Waals surface area contributed by atoms with Gasteiger partial charge in [-0.3, -0.25) is 0 Å². The van der Waals surface area contributed by atoms with Gasteiger partial charge in [0.2, 0.25) is 0 Å². The quantitative estimate of drug-likeness (QED) is 0.546. The zero-order valence-electron chi connectivity index (χ0n) is 6.47. The maximum atomic E-state index is 9.68.